The summed E-state index contributed by atoms with van der Waals surface area (Å²) in [5.41, 5.74) is 6.78. The van der Waals surface area contributed by atoms with Crippen LogP contribution in [0.25, 0.3) is 11.2 Å². The molecular formula is C14H13F2N5O. The molecule has 22 heavy (non-hydrogen) atoms. The third kappa shape index (κ3) is 2.22. The van der Waals surface area contributed by atoms with Crippen molar-refractivity contribution in [1.82, 2.24) is 19.5 Å². The molecule has 0 bridgehead atoms. The Labute approximate surface area is 124 Å². The molecule has 2 heterocycles. The Balaban J connectivity index is 2.12. The van der Waals surface area contributed by atoms with Crippen LogP contribution in [0.2, 0.25) is 0 Å². The first-order valence-electron chi connectivity index (χ1n) is 6.47. The molecule has 0 radical (unpaired) electrons. The van der Waals surface area contributed by atoms with Crippen molar-refractivity contribution < 1.29 is 13.5 Å². The second kappa shape index (κ2) is 5.21. The highest BCUT2D eigenvalue weighted by molar-refractivity contribution is 5.81. The number of imidazole rings is 1. The maximum absolute atomic E-state index is 14.1. The summed E-state index contributed by atoms with van der Waals surface area (Å²) in [6, 6.07) is 2.69. The van der Waals surface area contributed by atoms with Crippen LogP contribution in [0.5, 0.6) is 6.01 Å². The van der Waals surface area contributed by atoms with Crippen LogP contribution < -0.4 is 10.5 Å². The highest BCUT2D eigenvalue weighted by atomic mass is 19.1. The van der Waals surface area contributed by atoms with Crippen molar-refractivity contribution in [3.05, 3.63) is 41.2 Å². The Bertz CT molecular complexity index is 862. The predicted octanol–water partition coefficient (Wildman–Crippen LogP) is 2.05. The first-order valence-corrected chi connectivity index (χ1v) is 6.47. The molecule has 0 saturated heterocycles. The van der Waals surface area contributed by atoms with Crippen molar-refractivity contribution in [3.63, 3.8) is 0 Å². The molecule has 0 spiro atoms. The summed E-state index contributed by atoms with van der Waals surface area (Å²) >= 11 is 0. The van der Waals surface area contributed by atoms with E-state index < -0.39 is 11.6 Å². The number of nitrogens with two attached hydrogens (primary N) is 1. The van der Waals surface area contributed by atoms with Gasteiger partial charge in [0.2, 0.25) is 0 Å². The van der Waals surface area contributed by atoms with E-state index in [4.69, 9.17) is 10.5 Å². The van der Waals surface area contributed by atoms with E-state index in [1.54, 1.807) is 6.92 Å². The van der Waals surface area contributed by atoms with Gasteiger partial charge in [0.05, 0.1) is 20.0 Å². The van der Waals surface area contributed by atoms with Crippen molar-refractivity contribution in [2.75, 3.05) is 12.8 Å². The zero-order valence-corrected chi connectivity index (χ0v) is 12.0. The summed E-state index contributed by atoms with van der Waals surface area (Å²) in [5.74, 6) is -1.07. The zero-order chi connectivity index (χ0) is 15.9. The molecule has 6 nitrogen and oxygen atoms in total. The van der Waals surface area contributed by atoms with E-state index >= 15 is 0 Å². The monoisotopic (exact) mass is 305 g/mol. The number of rotatable bonds is 3. The first-order chi connectivity index (χ1) is 10.5. The highest BCUT2D eigenvalue weighted by Gasteiger charge is 2.16. The summed E-state index contributed by atoms with van der Waals surface area (Å²) in [6.45, 7) is 1.52. The number of ether oxygens (including phenoxy) is 1. The normalized spacial score (nSPS) is 11.1. The van der Waals surface area contributed by atoms with E-state index in [9.17, 15) is 8.78 Å². The van der Waals surface area contributed by atoms with Crippen molar-refractivity contribution in [2.45, 2.75) is 13.5 Å². The van der Waals surface area contributed by atoms with Crippen molar-refractivity contribution in [1.29, 1.82) is 0 Å². The number of halogens is 2. The van der Waals surface area contributed by atoms with E-state index in [2.05, 4.69) is 15.0 Å². The second-order valence-electron chi connectivity index (χ2n) is 4.80. The summed E-state index contributed by atoms with van der Waals surface area (Å²) in [7, 11) is 1.40. The lowest BCUT2D eigenvalue weighted by Crippen LogP contribution is -2.07. The Morgan fingerprint density at radius 2 is 2.05 bits per heavy atom. The zero-order valence-electron chi connectivity index (χ0n) is 12.0. The summed E-state index contributed by atoms with van der Waals surface area (Å²) < 4.78 is 34.5. The second-order valence-corrected chi connectivity index (χ2v) is 4.80. The molecule has 0 aliphatic heterocycles. The molecule has 0 fully saturated rings. The SMILES string of the molecule is COc1nc(N)c2ncn(Cc3c(F)ccc(C)c3F)c2n1. The number of hydrogen-bond acceptors (Lipinski definition) is 5. The van der Waals surface area contributed by atoms with E-state index in [0.29, 0.717) is 16.7 Å². The molecule has 0 aliphatic rings. The van der Waals surface area contributed by atoms with Gasteiger partial charge < -0.3 is 15.0 Å². The molecule has 1 aromatic carbocycles. The maximum Gasteiger partial charge on any atom is 0.320 e. The molecule has 0 aliphatic carbocycles. The van der Waals surface area contributed by atoms with Crippen LogP contribution >= 0.6 is 0 Å². The lowest BCUT2D eigenvalue weighted by Gasteiger charge is -2.09. The van der Waals surface area contributed by atoms with Crippen LogP contribution in [0, 0.1) is 18.6 Å². The number of aryl methyl sites for hydroxylation is 1. The predicted molar refractivity (Wildman–Crippen MR) is 76.5 cm³/mol. The molecular weight excluding hydrogens is 292 g/mol. The quantitative estimate of drug-likeness (QED) is 0.801. The molecule has 8 heteroatoms. The van der Waals surface area contributed by atoms with Crippen LogP contribution in [0.15, 0.2) is 18.5 Å². The van der Waals surface area contributed by atoms with Gasteiger partial charge in [-0.1, -0.05) is 6.07 Å². The number of benzene rings is 1. The average molecular weight is 305 g/mol. The first kappa shape index (κ1) is 14.2. The van der Waals surface area contributed by atoms with E-state index in [1.807, 2.05) is 0 Å². The lowest BCUT2D eigenvalue weighted by molar-refractivity contribution is 0.382. The van der Waals surface area contributed by atoms with E-state index in [0.717, 1.165) is 0 Å². The van der Waals surface area contributed by atoms with E-state index in [1.165, 1.54) is 30.1 Å². The van der Waals surface area contributed by atoms with Gasteiger partial charge in [0.15, 0.2) is 17.0 Å². The molecule has 0 saturated carbocycles. The van der Waals surface area contributed by atoms with Gasteiger partial charge in [-0.05, 0) is 18.6 Å². The molecule has 0 atom stereocenters. The number of fused-ring (bicyclic) bond motifs is 1. The van der Waals surface area contributed by atoms with Crippen LogP contribution in [-0.4, -0.2) is 26.6 Å². The molecule has 0 unspecified atom stereocenters. The van der Waals surface area contributed by atoms with E-state index in [-0.39, 0.29) is 23.9 Å². The minimum Gasteiger partial charge on any atom is -0.467 e. The fourth-order valence-corrected chi connectivity index (χ4v) is 2.18. The van der Waals surface area contributed by atoms with Gasteiger partial charge >= 0.3 is 6.01 Å². The van der Waals surface area contributed by atoms with Gasteiger partial charge in [-0.15, -0.1) is 0 Å². The average Bonchev–Trinajstić information content (AvgIpc) is 2.91. The Hall–Kier alpha value is -2.77. The Kier molecular flexibility index (Phi) is 3.36. The maximum atomic E-state index is 14.1. The van der Waals surface area contributed by atoms with Gasteiger partial charge in [0.25, 0.3) is 0 Å². The van der Waals surface area contributed by atoms with Gasteiger partial charge in [0.1, 0.15) is 11.6 Å². The third-order valence-electron chi connectivity index (χ3n) is 3.36. The summed E-state index contributed by atoms with van der Waals surface area (Å²) in [4.78, 5) is 12.1. The fraction of sp³-hybridized carbons (Fsp3) is 0.214. The van der Waals surface area contributed by atoms with Crippen LogP contribution in [-0.2, 0) is 6.54 Å². The molecule has 2 aromatic heterocycles. The minimum absolute atomic E-state index is 0.0598. The number of hydrogen-bond donors (Lipinski definition) is 1. The van der Waals surface area contributed by atoms with Crippen molar-refractivity contribution >= 4 is 17.0 Å². The third-order valence-corrected chi connectivity index (χ3v) is 3.36. The number of aromatic nitrogens is 4. The standard InChI is InChI=1S/C14H13F2N5O/c1-7-3-4-9(15)8(10(7)16)5-21-6-18-11-12(17)19-14(22-2)20-13(11)21/h3-4,6H,5H2,1-2H3,(H2,17,19,20). The Morgan fingerprint density at radius 3 is 2.77 bits per heavy atom. The van der Waals surface area contributed by atoms with Crippen LogP contribution in [0.1, 0.15) is 11.1 Å². The summed E-state index contributed by atoms with van der Waals surface area (Å²) in [6.07, 6.45) is 1.41. The number of nitrogen functional groups attached to an aromatic ring is 1. The van der Waals surface area contributed by atoms with Gasteiger partial charge in [-0.3, -0.25) is 0 Å². The minimum atomic E-state index is -0.626. The smallest absolute Gasteiger partial charge is 0.320 e. The fourth-order valence-electron chi connectivity index (χ4n) is 2.18. The molecule has 3 aromatic rings. The molecule has 2 N–H and O–H groups in total. The molecule has 114 valence electrons. The topological polar surface area (TPSA) is 78.9 Å². The largest absolute Gasteiger partial charge is 0.467 e. The van der Waals surface area contributed by atoms with Crippen molar-refractivity contribution in [2.24, 2.45) is 0 Å². The van der Waals surface area contributed by atoms with Gasteiger partial charge in [-0.25, -0.2) is 13.8 Å². The molecule has 3 rings (SSSR count). The number of methoxy groups -OCH3 is 1. The summed E-state index contributed by atoms with van der Waals surface area (Å²) in [5, 5.41) is 0. The van der Waals surface area contributed by atoms with Crippen LogP contribution in [0.4, 0.5) is 14.6 Å². The van der Waals surface area contributed by atoms with Gasteiger partial charge in [0, 0.05) is 5.56 Å². The highest BCUT2D eigenvalue weighted by Crippen LogP contribution is 2.22. The number of anilines is 1. The van der Waals surface area contributed by atoms with Crippen molar-refractivity contribution in [3.8, 4) is 6.01 Å². The lowest BCUT2D eigenvalue weighted by atomic mass is 10.1. The van der Waals surface area contributed by atoms with Gasteiger partial charge in [-0.2, -0.15) is 9.97 Å². The Morgan fingerprint density at radius 1 is 1.27 bits per heavy atom. The number of nitrogens with zero attached hydrogens (tertiary/aromatic N) is 4. The molecule has 0 amide bonds. The van der Waals surface area contributed by atoms with Crippen LogP contribution in [0.3, 0.4) is 0 Å².